The molecule has 2 aliphatic rings. The Hall–Kier alpha value is -2.96. The molecule has 7 nitrogen and oxygen atoms in total. The third-order valence-electron chi connectivity index (χ3n) is 7.52. The van der Waals surface area contributed by atoms with Gasteiger partial charge in [0.15, 0.2) is 0 Å². The third kappa shape index (κ3) is 9.10. The molecule has 38 heavy (non-hydrogen) atoms. The predicted molar refractivity (Wildman–Crippen MR) is 151 cm³/mol. The van der Waals surface area contributed by atoms with Crippen LogP contribution in [0.3, 0.4) is 0 Å². The van der Waals surface area contributed by atoms with Crippen molar-refractivity contribution in [1.82, 2.24) is 10.2 Å². The summed E-state index contributed by atoms with van der Waals surface area (Å²) in [4.78, 5) is 50.8. The fraction of sp³-hybridized carbons (Fsp3) is 0.613. The standard InChI is InChI=1S/C31H45N3O4/c1-2-3-4-5-6-7-8-9-10-11-12-13-14-15-16-20-28(35)32-26-19-17-18-24-25(26)23-34(31(24)38)27-21-22-29(36)33-30(27)37/h9-10,17-19,27H,2-8,11-16,20-23H2,1H3,(H,32,35)(H,33,36,37). The number of allylic oxidation sites excluding steroid dienone is 2. The highest BCUT2D eigenvalue weighted by Gasteiger charge is 2.39. The lowest BCUT2D eigenvalue weighted by molar-refractivity contribution is -0.137. The Kier molecular flexibility index (Phi) is 12.5. The summed E-state index contributed by atoms with van der Waals surface area (Å²) in [6, 6.07) is 4.62. The summed E-state index contributed by atoms with van der Waals surface area (Å²) in [6.45, 7) is 2.51. The molecule has 0 saturated carbocycles. The Morgan fingerprint density at radius 1 is 0.947 bits per heavy atom. The van der Waals surface area contributed by atoms with Crippen LogP contribution in [0.15, 0.2) is 30.4 Å². The number of unbranched alkanes of at least 4 members (excludes halogenated alkanes) is 11. The van der Waals surface area contributed by atoms with Crippen molar-refractivity contribution in [1.29, 1.82) is 0 Å². The van der Waals surface area contributed by atoms with E-state index in [1.807, 2.05) is 0 Å². The molecule has 1 saturated heterocycles. The van der Waals surface area contributed by atoms with E-state index in [9.17, 15) is 19.2 Å². The number of carbonyl (C=O) groups excluding carboxylic acids is 4. The molecule has 0 radical (unpaired) electrons. The number of hydrogen-bond donors (Lipinski definition) is 2. The third-order valence-corrected chi connectivity index (χ3v) is 7.52. The van der Waals surface area contributed by atoms with Crippen LogP contribution in [0, 0.1) is 0 Å². The minimum atomic E-state index is -0.660. The van der Waals surface area contributed by atoms with Crippen molar-refractivity contribution in [2.45, 2.75) is 122 Å². The first-order valence-corrected chi connectivity index (χ1v) is 14.7. The van der Waals surface area contributed by atoms with Gasteiger partial charge in [-0.3, -0.25) is 24.5 Å². The number of nitrogens with one attached hydrogen (secondary N) is 2. The van der Waals surface area contributed by atoms with Crippen molar-refractivity contribution in [3.8, 4) is 0 Å². The lowest BCUT2D eigenvalue weighted by Crippen LogP contribution is -2.52. The zero-order chi connectivity index (χ0) is 27.2. The Bertz CT molecular complexity index is 987. The van der Waals surface area contributed by atoms with Crippen molar-refractivity contribution in [2.24, 2.45) is 0 Å². The number of rotatable bonds is 17. The fourth-order valence-electron chi connectivity index (χ4n) is 5.27. The maximum Gasteiger partial charge on any atom is 0.255 e. The van der Waals surface area contributed by atoms with E-state index in [1.165, 1.54) is 62.7 Å². The monoisotopic (exact) mass is 523 g/mol. The Morgan fingerprint density at radius 3 is 2.29 bits per heavy atom. The molecule has 0 aliphatic carbocycles. The molecule has 3 rings (SSSR count). The maximum absolute atomic E-state index is 12.9. The molecule has 2 N–H and O–H groups in total. The average Bonchev–Trinajstić information content (AvgIpc) is 3.23. The van der Waals surface area contributed by atoms with Crippen LogP contribution in [0.4, 0.5) is 5.69 Å². The van der Waals surface area contributed by atoms with Crippen LogP contribution >= 0.6 is 0 Å². The SMILES string of the molecule is CCCCCCCCC=CCCCCCCCC(=O)Nc1cccc2c1CN(C1CCC(=O)NC1=O)C2=O. The Balaban J connectivity index is 1.29. The molecule has 208 valence electrons. The highest BCUT2D eigenvalue weighted by Crippen LogP contribution is 2.32. The first kappa shape index (κ1) is 29.6. The number of amides is 4. The second kappa shape index (κ2) is 16.1. The number of piperidine rings is 1. The molecule has 1 atom stereocenters. The number of fused-ring (bicyclic) bond motifs is 1. The predicted octanol–water partition coefficient (Wildman–Crippen LogP) is 6.42. The van der Waals surface area contributed by atoms with Crippen LogP contribution in [0.25, 0.3) is 0 Å². The molecule has 4 amide bonds. The van der Waals surface area contributed by atoms with Gasteiger partial charge in [-0.05, 0) is 50.7 Å². The van der Waals surface area contributed by atoms with E-state index in [1.54, 1.807) is 18.2 Å². The minimum absolute atomic E-state index is 0.0528. The van der Waals surface area contributed by atoms with Crippen LogP contribution in [0.2, 0.25) is 0 Å². The summed E-state index contributed by atoms with van der Waals surface area (Å²) in [6.07, 6.45) is 21.5. The molecule has 0 bridgehead atoms. The topological polar surface area (TPSA) is 95.6 Å². The molecule has 0 aromatic heterocycles. The van der Waals surface area contributed by atoms with Crippen LogP contribution < -0.4 is 10.6 Å². The highest BCUT2D eigenvalue weighted by atomic mass is 16.2. The van der Waals surface area contributed by atoms with Gasteiger partial charge in [-0.25, -0.2) is 0 Å². The maximum atomic E-state index is 12.9. The molecule has 1 aromatic rings. The number of nitrogens with zero attached hydrogens (tertiary/aromatic N) is 1. The second-order valence-electron chi connectivity index (χ2n) is 10.6. The van der Waals surface area contributed by atoms with Crippen LogP contribution in [0.5, 0.6) is 0 Å². The molecular formula is C31H45N3O4. The van der Waals surface area contributed by atoms with Crippen LogP contribution in [-0.2, 0) is 20.9 Å². The van der Waals surface area contributed by atoms with Gasteiger partial charge >= 0.3 is 0 Å². The summed E-state index contributed by atoms with van der Waals surface area (Å²) >= 11 is 0. The van der Waals surface area contributed by atoms with Gasteiger partial charge in [0.1, 0.15) is 6.04 Å². The number of imide groups is 1. The molecule has 2 heterocycles. The van der Waals surface area contributed by atoms with E-state index >= 15 is 0 Å². The number of hydrogen-bond acceptors (Lipinski definition) is 4. The van der Waals surface area contributed by atoms with Gasteiger partial charge in [0, 0.05) is 36.2 Å². The number of anilines is 1. The molecular weight excluding hydrogens is 478 g/mol. The first-order valence-electron chi connectivity index (χ1n) is 14.7. The number of benzene rings is 1. The van der Waals surface area contributed by atoms with Gasteiger partial charge in [0.05, 0.1) is 0 Å². The van der Waals surface area contributed by atoms with Gasteiger partial charge in [0.25, 0.3) is 5.91 Å². The van der Waals surface area contributed by atoms with Crippen molar-refractivity contribution < 1.29 is 19.2 Å². The van der Waals surface area contributed by atoms with Gasteiger partial charge in [0.2, 0.25) is 17.7 Å². The van der Waals surface area contributed by atoms with Gasteiger partial charge in [-0.1, -0.05) is 76.5 Å². The van der Waals surface area contributed by atoms with E-state index in [0.717, 1.165) is 31.2 Å². The highest BCUT2D eigenvalue weighted by molar-refractivity contribution is 6.06. The number of carbonyl (C=O) groups is 4. The van der Waals surface area contributed by atoms with E-state index in [-0.39, 0.29) is 30.7 Å². The van der Waals surface area contributed by atoms with Gasteiger partial charge < -0.3 is 10.2 Å². The normalized spacial score (nSPS) is 17.2. The van der Waals surface area contributed by atoms with E-state index < -0.39 is 11.9 Å². The smallest absolute Gasteiger partial charge is 0.255 e. The van der Waals surface area contributed by atoms with E-state index in [0.29, 0.717) is 24.1 Å². The van der Waals surface area contributed by atoms with E-state index in [4.69, 9.17) is 0 Å². The quantitative estimate of drug-likeness (QED) is 0.140. The average molecular weight is 524 g/mol. The van der Waals surface area contributed by atoms with Crippen molar-refractivity contribution >= 4 is 29.3 Å². The Morgan fingerprint density at radius 2 is 1.61 bits per heavy atom. The molecule has 2 aliphatic heterocycles. The van der Waals surface area contributed by atoms with Crippen LogP contribution in [-0.4, -0.2) is 34.6 Å². The van der Waals surface area contributed by atoms with Gasteiger partial charge in [-0.2, -0.15) is 0 Å². The first-order chi connectivity index (χ1) is 18.5. The largest absolute Gasteiger partial charge is 0.326 e. The second-order valence-corrected chi connectivity index (χ2v) is 10.6. The summed E-state index contributed by atoms with van der Waals surface area (Å²) in [5.41, 5.74) is 1.87. The fourth-order valence-corrected chi connectivity index (χ4v) is 5.27. The van der Waals surface area contributed by atoms with Crippen molar-refractivity contribution in [3.63, 3.8) is 0 Å². The zero-order valence-corrected chi connectivity index (χ0v) is 23.1. The van der Waals surface area contributed by atoms with Crippen molar-refractivity contribution in [2.75, 3.05) is 5.32 Å². The molecule has 1 aromatic carbocycles. The van der Waals surface area contributed by atoms with E-state index in [2.05, 4.69) is 29.7 Å². The molecule has 7 heteroatoms. The van der Waals surface area contributed by atoms with Crippen molar-refractivity contribution in [3.05, 3.63) is 41.5 Å². The lowest BCUT2D eigenvalue weighted by Gasteiger charge is -2.29. The minimum Gasteiger partial charge on any atom is -0.326 e. The lowest BCUT2D eigenvalue weighted by atomic mass is 10.0. The summed E-state index contributed by atoms with van der Waals surface area (Å²) in [5, 5.41) is 5.29. The summed E-state index contributed by atoms with van der Waals surface area (Å²) < 4.78 is 0. The Labute approximate surface area is 227 Å². The van der Waals surface area contributed by atoms with Crippen LogP contribution in [0.1, 0.15) is 126 Å². The molecule has 1 fully saturated rings. The molecule has 1 unspecified atom stereocenters. The zero-order valence-electron chi connectivity index (χ0n) is 23.1. The molecule has 0 spiro atoms. The van der Waals surface area contributed by atoms with Gasteiger partial charge in [-0.15, -0.1) is 0 Å². The summed E-state index contributed by atoms with van der Waals surface area (Å²) in [7, 11) is 0. The summed E-state index contributed by atoms with van der Waals surface area (Å²) in [5.74, 6) is -1.03.